The number of nitrogens with one attached hydrogen (secondary N) is 2. The maximum atomic E-state index is 12.1. The predicted molar refractivity (Wildman–Crippen MR) is 134 cm³/mol. The number of guanidine groups is 1. The molecule has 1 atom stereocenters. The van der Waals surface area contributed by atoms with E-state index in [1.807, 2.05) is 30.9 Å². The van der Waals surface area contributed by atoms with E-state index in [9.17, 15) is 4.79 Å². The van der Waals surface area contributed by atoms with Crippen molar-refractivity contribution in [3.05, 3.63) is 29.8 Å². The summed E-state index contributed by atoms with van der Waals surface area (Å²) in [6, 6.07) is 8.40. The highest BCUT2D eigenvalue weighted by Gasteiger charge is 2.27. The largest absolute Gasteiger partial charge is 0.494 e. The smallest absolute Gasteiger partial charge is 0.225 e. The van der Waals surface area contributed by atoms with Gasteiger partial charge in [0.05, 0.1) is 6.61 Å². The molecular formula is C22H38IN5O2. The fourth-order valence-corrected chi connectivity index (χ4v) is 3.29. The molecule has 1 amide bonds. The molecule has 1 saturated heterocycles. The molecule has 2 rings (SSSR count). The number of carbonyl (C=O) groups is 1. The number of hydrogen-bond acceptors (Lipinski definition) is 4. The number of aliphatic imine (C=N–C) groups is 1. The van der Waals surface area contributed by atoms with Crippen LogP contribution in [0.15, 0.2) is 29.3 Å². The number of carbonyl (C=O) groups excluding carboxylic acids is 1. The Morgan fingerprint density at radius 1 is 1.30 bits per heavy atom. The number of benzene rings is 1. The topological polar surface area (TPSA) is 69.2 Å². The lowest BCUT2D eigenvalue weighted by Crippen LogP contribution is -2.45. The fourth-order valence-electron chi connectivity index (χ4n) is 3.29. The first kappa shape index (κ1) is 26.5. The second-order valence-corrected chi connectivity index (χ2v) is 8.14. The highest BCUT2D eigenvalue weighted by Crippen LogP contribution is 2.14. The first-order valence-corrected chi connectivity index (χ1v) is 10.5. The number of likely N-dealkylation sites (tertiary alicyclic amines) is 1. The molecule has 1 fully saturated rings. The van der Waals surface area contributed by atoms with Crippen molar-refractivity contribution < 1.29 is 9.53 Å². The number of hydrogen-bond donors (Lipinski definition) is 2. The number of rotatable bonds is 9. The zero-order chi connectivity index (χ0) is 21.2. The molecule has 0 spiro atoms. The quantitative estimate of drug-likeness (QED) is 0.222. The SMILES string of the molecule is CN=C(NCc1ccc(OCCCN(C)C)cc1)NC1CCN(C(=O)C(C)C)C1.I. The summed E-state index contributed by atoms with van der Waals surface area (Å²) < 4.78 is 5.78. The van der Waals surface area contributed by atoms with Gasteiger partial charge < -0.3 is 25.2 Å². The minimum atomic E-state index is 0. The summed E-state index contributed by atoms with van der Waals surface area (Å²) in [5, 5.41) is 6.78. The van der Waals surface area contributed by atoms with Crippen molar-refractivity contribution in [1.29, 1.82) is 0 Å². The molecular weight excluding hydrogens is 493 g/mol. The molecule has 2 N–H and O–H groups in total. The Balaban J connectivity index is 0.00000450. The van der Waals surface area contributed by atoms with Gasteiger partial charge in [-0.1, -0.05) is 26.0 Å². The lowest BCUT2D eigenvalue weighted by atomic mass is 10.2. The Morgan fingerprint density at radius 2 is 2.00 bits per heavy atom. The summed E-state index contributed by atoms with van der Waals surface area (Å²) in [4.78, 5) is 20.5. The fraction of sp³-hybridized carbons (Fsp3) is 0.636. The summed E-state index contributed by atoms with van der Waals surface area (Å²) in [6.45, 7) is 7.87. The Morgan fingerprint density at radius 3 is 2.60 bits per heavy atom. The second-order valence-electron chi connectivity index (χ2n) is 8.14. The first-order valence-electron chi connectivity index (χ1n) is 10.5. The van der Waals surface area contributed by atoms with Crippen molar-refractivity contribution in [1.82, 2.24) is 20.4 Å². The highest BCUT2D eigenvalue weighted by molar-refractivity contribution is 14.0. The third-order valence-electron chi connectivity index (χ3n) is 4.96. The number of nitrogens with zero attached hydrogens (tertiary/aromatic N) is 3. The Labute approximate surface area is 198 Å². The van der Waals surface area contributed by atoms with Crippen LogP contribution in [0, 0.1) is 5.92 Å². The average Bonchev–Trinajstić information content (AvgIpc) is 3.17. The average molecular weight is 531 g/mol. The van der Waals surface area contributed by atoms with E-state index in [-0.39, 0.29) is 41.8 Å². The summed E-state index contributed by atoms with van der Waals surface area (Å²) in [7, 11) is 5.91. The van der Waals surface area contributed by atoms with Crippen molar-refractivity contribution in [3.8, 4) is 5.75 Å². The van der Waals surface area contributed by atoms with Gasteiger partial charge in [-0.15, -0.1) is 24.0 Å². The zero-order valence-corrected chi connectivity index (χ0v) is 21.3. The van der Waals surface area contributed by atoms with Gasteiger partial charge in [-0.2, -0.15) is 0 Å². The number of halogens is 1. The molecule has 170 valence electrons. The Bertz CT molecular complexity index is 664. The molecule has 0 aromatic heterocycles. The van der Waals surface area contributed by atoms with Gasteiger partial charge in [0.25, 0.3) is 0 Å². The van der Waals surface area contributed by atoms with Crippen LogP contribution in [0.25, 0.3) is 0 Å². The van der Waals surface area contributed by atoms with Crippen LogP contribution in [0.4, 0.5) is 0 Å². The third-order valence-corrected chi connectivity index (χ3v) is 4.96. The molecule has 1 aliphatic heterocycles. The number of amides is 1. The molecule has 30 heavy (non-hydrogen) atoms. The van der Waals surface area contributed by atoms with Gasteiger partial charge in [0.2, 0.25) is 5.91 Å². The van der Waals surface area contributed by atoms with Crippen LogP contribution < -0.4 is 15.4 Å². The summed E-state index contributed by atoms with van der Waals surface area (Å²) in [5.41, 5.74) is 1.16. The summed E-state index contributed by atoms with van der Waals surface area (Å²) in [6.07, 6.45) is 1.96. The molecule has 0 bridgehead atoms. The van der Waals surface area contributed by atoms with Crippen LogP contribution in [0.1, 0.15) is 32.3 Å². The Kier molecular flexibility index (Phi) is 12.1. The molecule has 1 aromatic rings. The zero-order valence-electron chi connectivity index (χ0n) is 19.0. The maximum Gasteiger partial charge on any atom is 0.225 e. The van der Waals surface area contributed by atoms with Crippen LogP contribution >= 0.6 is 24.0 Å². The van der Waals surface area contributed by atoms with Gasteiger partial charge in [0, 0.05) is 45.2 Å². The van der Waals surface area contributed by atoms with Crippen molar-refractivity contribution in [2.24, 2.45) is 10.9 Å². The van der Waals surface area contributed by atoms with E-state index in [4.69, 9.17) is 4.74 Å². The highest BCUT2D eigenvalue weighted by atomic mass is 127. The molecule has 0 saturated carbocycles. The van der Waals surface area contributed by atoms with Gasteiger partial charge >= 0.3 is 0 Å². The molecule has 1 aromatic carbocycles. The standard InChI is InChI=1S/C22H37N5O2.HI/c1-17(2)21(28)27-13-11-19(16-27)25-22(23-3)24-15-18-7-9-20(10-8-18)29-14-6-12-26(4)5;/h7-10,17,19H,6,11-16H2,1-5H3,(H2,23,24,25);1H. The van der Waals surface area contributed by atoms with Crippen LogP contribution in [0.3, 0.4) is 0 Å². The molecule has 0 aliphatic carbocycles. The lowest BCUT2D eigenvalue weighted by molar-refractivity contribution is -0.133. The van der Waals surface area contributed by atoms with Crippen LogP contribution in [-0.4, -0.2) is 75.1 Å². The molecule has 7 nitrogen and oxygen atoms in total. The van der Waals surface area contributed by atoms with Gasteiger partial charge in [0.1, 0.15) is 5.75 Å². The second kappa shape index (κ2) is 13.7. The lowest BCUT2D eigenvalue weighted by Gasteiger charge is -2.20. The Hall–Kier alpha value is -1.55. The summed E-state index contributed by atoms with van der Waals surface area (Å²) >= 11 is 0. The van der Waals surface area contributed by atoms with E-state index < -0.39 is 0 Å². The molecule has 1 unspecified atom stereocenters. The van der Waals surface area contributed by atoms with E-state index in [1.54, 1.807) is 7.05 Å². The first-order chi connectivity index (χ1) is 13.9. The van der Waals surface area contributed by atoms with Gasteiger partial charge in [-0.05, 0) is 44.6 Å². The van der Waals surface area contributed by atoms with Crippen LogP contribution in [-0.2, 0) is 11.3 Å². The van der Waals surface area contributed by atoms with Gasteiger partial charge in [-0.25, -0.2) is 0 Å². The van der Waals surface area contributed by atoms with E-state index in [0.29, 0.717) is 6.54 Å². The van der Waals surface area contributed by atoms with Gasteiger partial charge in [0.15, 0.2) is 5.96 Å². The maximum absolute atomic E-state index is 12.1. The molecule has 1 aliphatic rings. The predicted octanol–water partition coefficient (Wildman–Crippen LogP) is 2.56. The van der Waals surface area contributed by atoms with E-state index in [1.165, 1.54) is 0 Å². The monoisotopic (exact) mass is 531 g/mol. The minimum absolute atomic E-state index is 0. The van der Waals surface area contributed by atoms with Crippen molar-refractivity contribution >= 4 is 35.8 Å². The van der Waals surface area contributed by atoms with E-state index in [2.05, 4.69) is 46.8 Å². The van der Waals surface area contributed by atoms with Crippen molar-refractivity contribution in [2.45, 2.75) is 39.3 Å². The minimum Gasteiger partial charge on any atom is -0.494 e. The van der Waals surface area contributed by atoms with E-state index >= 15 is 0 Å². The van der Waals surface area contributed by atoms with Gasteiger partial charge in [-0.3, -0.25) is 9.79 Å². The summed E-state index contributed by atoms with van der Waals surface area (Å²) in [5.74, 6) is 1.93. The molecule has 1 heterocycles. The van der Waals surface area contributed by atoms with Crippen LogP contribution in [0.5, 0.6) is 5.75 Å². The molecule has 8 heteroatoms. The number of ether oxygens (including phenoxy) is 1. The third kappa shape index (κ3) is 9.07. The van der Waals surface area contributed by atoms with Crippen molar-refractivity contribution in [3.63, 3.8) is 0 Å². The van der Waals surface area contributed by atoms with E-state index in [0.717, 1.165) is 56.4 Å². The molecule has 0 radical (unpaired) electrons. The van der Waals surface area contributed by atoms with Crippen molar-refractivity contribution in [2.75, 3.05) is 47.4 Å². The normalized spacial score (nSPS) is 16.6. The van der Waals surface area contributed by atoms with Crippen LogP contribution in [0.2, 0.25) is 0 Å².